The third-order valence-electron chi connectivity index (χ3n) is 2.66. The molecule has 0 saturated carbocycles. The van der Waals surface area contributed by atoms with Crippen LogP contribution < -0.4 is 5.32 Å². The van der Waals surface area contributed by atoms with Crippen molar-refractivity contribution in [1.29, 1.82) is 0 Å². The van der Waals surface area contributed by atoms with Crippen LogP contribution in [-0.2, 0) is 0 Å². The predicted molar refractivity (Wildman–Crippen MR) is 81.3 cm³/mol. The zero-order valence-corrected chi connectivity index (χ0v) is 11.5. The van der Waals surface area contributed by atoms with Crippen molar-refractivity contribution >= 4 is 46.5 Å². The molecule has 0 unspecified atom stereocenters. The highest BCUT2D eigenvalue weighted by atomic mass is 32.1. The number of anilines is 1. The molecule has 3 rings (SSSR count). The number of aromatic nitrogens is 1. The Morgan fingerprint density at radius 3 is 2.89 bits per heavy atom. The van der Waals surface area contributed by atoms with Crippen LogP contribution in [0.25, 0.3) is 10.9 Å². The average Bonchev–Trinajstić information content (AvgIpc) is 2.85. The van der Waals surface area contributed by atoms with E-state index in [-0.39, 0.29) is 5.91 Å². The zero-order chi connectivity index (χ0) is 13.2. The highest BCUT2D eigenvalue weighted by molar-refractivity contribution is 7.80. The van der Waals surface area contributed by atoms with Crippen LogP contribution in [0.15, 0.2) is 52.9 Å². The van der Waals surface area contributed by atoms with Crippen molar-refractivity contribution in [3.63, 3.8) is 0 Å². The lowest BCUT2D eigenvalue weighted by atomic mass is 10.2. The van der Waals surface area contributed by atoms with Gasteiger partial charge in [0.25, 0.3) is 5.91 Å². The minimum Gasteiger partial charge on any atom is -0.320 e. The molecule has 94 valence electrons. The lowest BCUT2D eigenvalue weighted by molar-refractivity contribution is 0.103. The number of pyridine rings is 1. The molecule has 0 aliphatic carbocycles. The number of thiol groups is 1. The third-order valence-corrected chi connectivity index (χ3v) is 4.02. The Morgan fingerprint density at radius 1 is 1.26 bits per heavy atom. The third kappa shape index (κ3) is 2.62. The van der Waals surface area contributed by atoms with E-state index in [1.165, 1.54) is 11.3 Å². The molecule has 0 radical (unpaired) electrons. The Hall–Kier alpha value is -1.85. The van der Waals surface area contributed by atoms with E-state index in [9.17, 15) is 4.79 Å². The predicted octanol–water partition coefficient (Wildman–Crippen LogP) is 3.84. The van der Waals surface area contributed by atoms with Crippen LogP contribution in [0.2, 0.25) is 0 Å². The summed E-state index contributed by atoms with van der Waals surface area (Å²) in [6, 6.07) is 11.4. The number of benzene rings is 1. The van der Waals surface area contributed by atoms with Gasteiger partial charge in [0.1, 0.15) is 0 Å². The first-order chi connectivity index (χ1) is 9.22. The first-order valence-corrected chi connectivity index (χ1v) is 6.99. The largest absolute Gasteiger partial charge is 0.320 e. The van der Waals surface area contributed by atoms with Gasteiger partial charge in [0, 0.05) is 15.7 Å². The number of nitrogens with zero attached hydrogens (tertiary/aromatic N) is 1. The standard InChI is InChI=1S/C14H10N2OS2/c17-14(13-6-11(18)8-19-13)16-10-5-9-3-1-2-4-12(9)15-7-10/h1-8,18H,(H,16,17). The Morgan fingerprint density at radius 2 is 2.11 bits per heavy atom. The number of fused-ring (bicyclic) bond motifs is 1. The highest BCUT2D eigenvalue weighted by Crippen LogP contribution is 2.20. The van der Waals surface area contributed by atoms with Crippen molar-refractivity contribution in [3.05, 3.63) is 52.9 Å². The van der Waals surface area contributed by atoms with Crippen LogP contribution in [-0.4, -0.2) is 10.9 Å². The molecular formula is C14H10N2OS2. The zero-order valence-electron chi connectivity index (χ0n) is 9.83. The Bertz CT molecular complexity index is 752. The van der Waals surface area contributed by atoms with E-state index in [2.05, 4.69) is 22.9 Å². The van der Waals surface area contributed by atoms with Gasteiger partial charge in [0.2, 0.25) is 0 Å². The SMILES string of the molecule is O=C(Nc1cnc2ccccc2c1)c1cc(S)cs1. The van der Waals surface area contributed by atoms with Gasteiger partial charge in [-0.3, -0.25) is 9.78 Å². The van der Waals surface area contributed by atoms with Crippen LogP contribution >= 0.6 is 24.0 Å². The van der Waals surface area contributed by atoms with Gasteiger partial charge in [-0.2, -0.15) is 0 Å². The molecule has 2 aromatic heterocycles. The minimum atomic E-state index is -0.137. The summed E-state index contributed by atoms with van der Waals surface area (Å²) in [6.45, 7) is 0. The molecule has 3 aromatic rings. The lowest BCUT2D eigenvalue weighted by Crippen LogP contribution is -2.10. The molecule has 0 atom stereocenters. The van der Waals surface area contributed by atoms with Crippen LogP contribution in [0.1, 0.15) is 9.67 Å². The van der Waals surface area contributed by atoms with Gasteiger partial charge in [-0.05, 0) is 18.2 Å². The second kappa shape index (κ2) is 5.03. The van der Waals surface area contributed by atoms with Crippen LogP contribution in [0, 0.1) is 0 Å². The van der Waals surface area contributed by atoms with Crippen molar-refractivity contribution < 1.29 is 4.79 Å². The Labute approximate surface area is 119 Å². The maximum absolute atomic E-state index is 12.0. The van der Waals surface area contributed by atoms with Crippen LogP contribution in [0.3, 0.4) is 0 Å². The number of thiophene rings is 1. The van der Waals surface area contributed by atoms with Crippen molar-refractivity contribution in [3.8, 4) is 0 Å². The van der Waals surface area contributed by atoms with Crippen molar-refractivity contribution in [1.82, 2.24) is 4.98 Å². The molecule has 3 nitrogen and oxygen atoms in total. The first kappa shape index (κ1) is 12.2. The molecule has 0 fully saturated rings. The molecule has 5 heteroatoms. The molecule has 2 heterocycles. The number of hydrogen-bond donors (Lipinski definition) is 2. The molecule has 0 aliphatic rings. The maximum Gasteiger partial charge on any atom is 0.265 e. The molecule has 0 saturated heterocycles. The second-order valence-corrected chi connectivity index (χ2v) is 5.47. The summed E-state index contributed by atoms with van der Waals surface area (Å²) in [7, 11) is 0. The summed E-state index contributed by atoms with van der Waals surface area (Å²) in [6.07, 6.45) is 1.66. The average molecular weight is 286 g/mol. The van der Waals surface area contributed by atoms with E-state index in [0.29, 0.717) is 10.6 Å². The first-order valence-electron chi connectivity index (χ1n) is 5.66. The van der Waals surface area contributed by atoms with E-state index < -0.39 is 0 Å². The van der Waals surface area contributed by atoms with Crippen molar-refractivity contribution in [2.24, 2.45) is 0 Å². The summed E-state index contributed by atoms with van der Waals surface area (Å²) in [5.41, 5.74) is 1.60. The number of carbonyl (C=O) groups is 1. The maximum atomic E-state index is 12.0. The fourth-order valence-corrected chi connectivity index (χ4v) is 2.82. The Kier molecular flexibility index (Phi) is 3.23. The molecule has 0 aliphatic heterocycles. The van der Waals surface area contributed by atoms with E-state index in [0.717, 1.165) is 15.8 Å². The number of rotatable bonds is 2. The summed E-state index contributed by atoms with van der Waals surface area (Å²) < 4.78 is 0. The molecule has 1 aromatic carbocycles. The highest BCUT2D eigenvalue weighted by Gasteiger charge is 2.09. The number of nitrogens with one attached hydrogen (secondary N) is 1. The van der Waals surface area contributed by atoms with Crippen LogP contribution in [0.5, 0.6) is 0 Å². The normalized spacial score (nSPS) is 10.6. The lowest BCUT2D eigenvalue weighted by Gasteiger charge is -2.04. The molecule has 19 heavy (non-hydrogen) atoms. The van der Waals surface area contributed by atoms with E-state index in [1.807, 2.05) is 35.7 Å². The number of hydrogen-bond acceptors (Lipinski definition) is 4. The summed E-state index contributed by atoms with van der Waals surface area (Å²) >= 11 is 5.56. The second-order valence-electron chi connectivity index (χ2n) is 4.04. The van der Waals surface area contributed by atoms with Crippen molar-refractivity contribution in [2.75, 3.05) is 5.32 Å². The summed E-state index contributed by atoms with van der Waals surface area (Å²) in [5.74, 6) is -0.137. The topological polar surface area (TPSA) is 42.0 Å². The van der Waals surface area contributed by atoms with Crippen LogP contribution in [0.4, 0.5) is 5.69 Å². The van der Waals surface area contributed by atoms with Crippen molar-refractivity contribution in [2.45, 2.75) is 4.90 Å². The van der Waals surface area contributed by atoms with Gasteiger partial charge in [0.05, 0.1) is 22.3 Å². The smallest absolute Gasteiger partial charge is 0.265 e. The quantitative estimate of drug-likeness (QED) is 0.703. The fraction of sp³-hybridized carbons (Fsp3) is 0. The van der Waals surface area contributed by atoms with Gasteiger partial charge in [-0.25, -0.2) is 0 Å². The molecule has 0 spiro atoms. The van der Waals surface area contributed by atoms with E-state index in [4.69, 9.17) is 0 Å². The molecule has 0 bridgehead atoms. The fourth-order valence-electron chi connectivity index (χ4n) is 1.78. The van der Waals surface area contributed by atoms with E-state index in [1.54, 1.807) is 12.3 Å². The molecule has 1 amide bonds. The van der Waals surface area contributed by atoms with Gasteiger partial charge >= 0.3 is 0 Å². The molecule has 1 N–H and O–H groups in total. The minimum absolute atomic E-state index is 0.137. The monoisotopic (exact) mass is 286 g/mol. The van der Waals surface area contributed by atoms with Gasteiger partial charge in [0.15, 0.2) is 0 Å². The number of amides is 1. The van der Waals surface area contributed by atoms with Gasteiger partial charge in [-0.1, -0.05) is 18.2 Å². The Balaban J connectivity index is 1.87. The molecular weight excluding hydrogens is 276 g/mol. The van der Waals surface area contributed by atoms with E-state index >= 15 is 0 Å². The number of para-hydroxylation sites is 1. The van der Waals surface area contributed by atoms with Gasteiger partial charge < -0.3 is 5.32 Å². The summed E-state index contributed by atoms with van der Waals surface area (Å²) in [4.78, 5) is 17.7. The van der Waals surface area contributed by atoms with Gasteiger partial charge in [-0.15, -0.1) is 24.0 Å². The summed E-state index contributed by atoms with van der Waals surface area (Å²) in [5, 5.41) is 5.67. The number of carbonyl (C=O) groups excluding carboxylic acids is 1.